The number of ether oxygens (including phenoxy) is 2. The second kappa shape index (κ2) is 6.50. The van der Waals surface area contributed by atoms with Gasteiger partial charge in [0.2, 0.25) is 0 Å². The zero-order valence-corrected chi connectivity index (χ0v) is 11.2. The van der Waals surface area contributed by atoms with E-state index in [-0.39, 0.29) is 6.29 Å². The number of benzene rings is 1. The molecule has 0 aliphatic carbocycles. The molecule has 0 radical (unpaired) electrons. The van der Waals surface area contributed by atoms with Crippen LogP contribution in [-0.4, -0.2) is 24.6 Å². The molecule has 1 fully saturated rings. The fourth-order valence-corrected chi connectivity index (χ4v) is 2.29. The Morgan fingerprint density at radius 3 is 2.82 bits per heavy atom. The van der Waals surface area contributed by atoms with Gasteiger partial charge in [0.15, 0.2) is 6.29 Å². The molecule has 2 rings (SSSR count). The van der Waals surface area contributed by atoms with Crippen molar-refractivity contribution >= 4 is 15.9 Å². The Hall–Kier alpha value is -0.420. The topological polar surface area (TPSA) is 38.7 Å². The predicted molar refractivity (Wildman–Crippen MR) is 68.6 cm³/mol. The van der Waals surface area contributed by atoms with E-state index in [9.17, 15) is 5.11 Å². The molecule has 1 saturated heterocycles. The summed E-state index contributed by atoms with van der Waals surface area (Å²) in [7, 11) is 0. The highest BCUT2D eigenvalue weighted by Gasteiger charge is 2.16. The Morgan fingerprint density at radius 2 is 2.12 bits per heavy atom. The lowest BCUT2D eigenvalue weighted by atomic mass is 10.0. The molecule has 1 aliphatic heterocycles. The van der Waals surface area contributed by atoms with E-state index in [0.29, 0.717) is 6.42 Å². The zero-order chi connectivity index (χ0) is 12.1. The van der Waals surface area contributed by atoms with Crippen LogP contribution >= 0.6 is 15.9 Å². The molecule has 4 heteroatoms. The van der Waals surface area contributed by atoms with Crippen LogP contribution in [0.4, 0.5) is 0 Å². The summed E-state index contributed by atoms with van der Waals surface area (Å²) in [5.41, 5.74) is 0.926. The Bertz CT molecular complexity index is 350. The Kier molecular flexibility index (Phi) is 4.98. The Morgan fingerprint density at radius 1 is 1.35 bits per heavy atom. The van der Waals surface area contributed by atoms with Crippen molar-refractivity contribution < 1.29 is 14.6 Å². The summed E-state index contributed by atoms with van der Waals surface area (Å²) < 4.78 is 11.9. The summed E-state index contributed by atoms with van der Waals surface area (Å²) in [5, 5.41) is 10.0. The fourth-order valence-electron chi connectivity index (χ4n) is 1.88. The lowest BCUT2D eigenvalue weighted by Gasteiger charge is -2.24. The standard InChI is InChI=1S/C13H17BrO3/c14-11-4-1-3-10(9-11)12(15)5-6-13-16-7-2-8-17-13/h1,3-4,9,12-13,15H,2,5-8H2. The third kappa shape index (κ3) is 4.07. The van der Waals surface area contributed by atoms with Gasteiger partial charge in [0.1, 0.15) is 0 Å². The first-order valence-electron chi connectivity index (χ1n) is 5.92. The molecule has 17 heavy (non-hydrogen) atoms. The fraction of sp³-hybridized carbons (Fsp3) is 0.538. The lowest BCUT2D eigenvalue weighted by Crippen LogP contribution is -2.25. The molecular weight excluding hydrogens is 284 g/mol. The van der Waals surface area contributed by atoms with Crippen molar-refractivity contribution in [3.63, 3.8) is 0 Å². The van der Waals surface area contributed by atoms with Crippen LogP contribution in [0.2, 0.25) is 0 Å². The summed E-state index contributed by atoms with van der Waals surface area (Å²) in [4.78, 5) is 0. The van der Waals surface area contributed by atoms with Crippen molar-refractivity contribution in [2.24, 2.45) is 0 Å². The Balaban J connectivity index is 1.82. The molecule has 0 bridgehead atoms. The molecule has 1 aromatic carbocycles. The highest BCUT2D eigenvalue weighted by Crippen LogP contribution is 2.23. The minimum atomic E-state index is -0.457. The number of rotatable bonds is 4. The van der Waals surface area contributed by atoms with E-state index >= 15 is 0 Å². The maximum atomic E-state index is 10.0. The molecule has 1 N–H and O–H groups in total. The van der Waals surface area contributed by atoms with E-state index in [1.807, 2.05) is 24.3 Å². The quantitative estimate of drug-likeness (QED) is 0.929. The molecule has 0 spiro atoms. The average molecular weight is 301 g/mol. The minimum Gasteiger partial charge on any atom is -0.388 e. The van der Waals surface area contributed by atoms with Gasteiger partial charge < -0.3 is 14.6 Å². The van der Waals surface area contributed by atoms with Crippen LogP contribution in [-0.2, 0) is 9.47 Å². The molecule has 1 aliphatic rings. The molecule has 0 aromatic heterocycles. The maximum absolute atomic E-state index is 10.0. The van der Waals surface area contributed by atoms with Crippen molar-refractivity contribution in [2.75, 3.05) is 13.2 Å². The van der Waals surface area contributed by atoms with Gasteiger partial charge in [-0.25, -0.2) is 0 Å². The normalized spacial score (nSPS) is 19.2. The number of hydrogen-bond donors (Lipinski definition) is 1. The third-order valence-electron chi connectivity index (χ3n) is 2.81. The summed E-state index contributed by atoms with van der Waals surface area (Å²) in [5.74, 6) is 0. The molecule has 1 aromatic rings. The summed E-state index contributed by atoms with van der Waals surface area (Å²) >= 11 is 3.40. The molecular formula is C13H17BrO3. The monoisotopic (exact) mass is 300 g/mol. The smallest absolute Gasteiger partial charge is 0.157 e. The summed E-state index contributed by atoms with van der Waals surface area (Å²) in [6.45, 7) is 1.52. The van der Waals surface area contributed by atoms with Gasteiger partial charge in [0.25, 0.3) is 0 Å². The first-order chi connectivity index (χ1) is 8.25. The van der Waals surface area contributed by atoms with E-state index in [0.717, 1.165) is 36.1 Å². The highest BCUT2D eigenvalue weighted by molar-refractivity contribution is 9.10. The zero-order valence-electron chi connectivity index (χ0n) is 9.64. The molecule has 0 amide bonds. The number of hydrogen-bond acceptors (Lipinski definition) is 3. The van der Waals surface area contributed by atoms with Crippen molar-refractivity contribution in [2.45, 2.75) is 31.7 Å². The van der Waals surface area contributed by atoms with Crippen molar-refractivity contribution in [1.29, 1.82) is 0 Å². The van der Waals surface area contributed by atoms with E-state index in [1.54, 1.807) is 0 Å². The van der Waals surface area contributed by atoms with Crippen molar-refractivity contribution in [3.8, 4) is 0 Å². The lowest BCUT2D eigenvalue weighted by molar-refractivity contribution is -0.183. The van der Waals surface area contributed by atoms with Gasteiger partial charge in [-0.05, 0) is 30.5 Å². The Labute approximate surface area is 110 Å². The molecule has 3 nitrogen and oxygen atoms in total. The van der Waals surface area contributed by atoms with Gasteiger partial charge in [0, 0.05) is 10.9 Å². The van der Waals surface area contributed by atoms with E-state index in [4.69, 9.17) is 9.47 Å². The van der Waals surface area contributed by atoms with E-state index < -0.39 is 6.10 Å². The highest BCUT2D eigenvalue weighted by atomic mass is 79.9. The maximum Gasteiger partial charge on any atom is 0.157 e. The first kappa shape index (κ1) is 13.0. The van der Waals surface area contributed by atoms with Crippen LogP contribution in [0.3, 0.4) is 0 Å². The number of halogens is 1. The van der Waals surface area contributed by atoms with Gasteiger partial charge >= 0.3 is 0 Å². The SMILES string of the molecule is OC(CCC1OCCCO1)c1cccc(Br)c1. The van der Waals surface area contributed by atoms with Crippen LogP contribution in [0.25, 0.3) is 0 Å². The molecule has 94 valence electrons. The second-order valence-electron chi connectivity index (χ2n) is 4.17. The number of aliphatic hydroxyl groups is 1. The van der Waals surface area contributed by atoms with E-state index in [1.165, 1.54) is 0 Å². The minimum absolute atomic E-state index is 0.148. The first-order valence-corrected chi connectivity index (χ1v) is 6.72. The largest absolute Gasteiger partial charge is 0.388 e. The summed E-state index contributed by atoms with van der Waals surface area (Å²) in [6, 6.07) is 7.74. The summed E-state index contributed by atoms with van der Waals surface area (Å²) in [6.07, 6.45) is 1.74. The van der Waals surface area contributed by atoms with Gasteiger partial charge in [-0.15, -0.1) is 0 Å². The molecule has 1 unspecified atom stereocenters. The van der Waals surface area contributed by atoms with E-state index in [2.05, 4.69) is 15.9 Å². The third-order valence-corrected chi connectivity index (χ3v) is 3.30. The van der Waals surface area contributed by atoms with Crippen LogP contribution in [0.5, 0.6) is 0 Å². The molecule has 0 saturated carbocycles. The predicted octanol–water partition coefficient (Wildman–Crippen LogP) is 3.03. The number of aliphatic hydroxyl groups excluding tert-OH is 1. The van der Waals surface area contributed by atoms with Crippen LogP contribution in [0.15, 0.2) is 28.7 Å². The van der Waals surface area contributed by atoms with Crippen molar-refractivity contribution in [3.05, 3.63) is 34.3 Å². The van der Waals surface area contributed by atoms with Crippen LogP contribution < -0.4 is 0 Å². The van der Waals surface area contributed by atoms with Crippen molar-refractivity contribution in [1.82, 2.24) is 0 Å². The average Bonchev–Trinajstić information content (AvgIpc) is 2.37. The van der Waals surface area contributed by atoms with Gasteiger partial charge in [-0.1, -0.05) is 28.1 Å². The van der Waals surface area contributed by atoms with Crippen LogP contribution in [0, 0.1) is 0 Å². The van der Waals surface area contributed by atoms with Gasteiger partial charge in [-0.2, -0.15) is 0 Å². The second-order valence-corrected chi connectivity index (χ2v) is 5.09. The van der Waals surface area contributed by atoms with Crippen LogP contribution in [0.1, 0.15) is 30.9 Å². The molecule has 1 atom stereocenters. The van der Waals surface area contributed by atoms with Gasteiger partial charge in [-0.3, -0.25) is 0 Å². The van der Waals surface area contributed by atoms with Gasteiger partial charge in [0.05, 0.1) is 19.3 Å². The molecule has 1 heterocycles.